The highest BCUT2D eigenvalue weighted by Crippen LogP contribution is 2.41. The molecule has 0 radical (unpaired) electrons. The minimum Gasteiger partial charge on any atom is -0.497 e. The van der Waals surface area contributed by atoms with Crippen LogP contribution in [0.4, 0.5) is 5.69 Å². The van der Waals surface area contributed by atoms with Crippen LogP contribution in [-0.4, -0.2) is 25.5 Å². The number of benzene rings is 2. The molecule has 1 aliphatic carbocycles. The lowest BCUT2D eigenvalue weighted by atomic mass is 10.0. The molecule has 0 spiro atoms. The molecule has 1 saturated heterocycles. The third-order valence-electron chi connectivity index (χ3n) is 5.62. The SMILES string of the molecule is COc1ccc(C(NC(=O)c2ccc(N3CCCCC3=O)cc2)C2CC2)cc1. The van der Waals surface area contributed by atoms with E-state index in [9.17, 15) is 9.59 Å². The predicted octanol–water partition coefficient (Wildman–Crippen LogP) is 4.09. The Labute approximate surface area is 165 Å². The first-order valence-electron chi connectivity index (χ1n) is 10.0. The molecule has 1 N–H and O–H groups in total. The first-order chi connectivity index (χ1) is 13.7. The molecule has 0 bridgehead atoms. The number of methoxy groups -OCH3 is 1. The van der Waals surface area contributed by atoms with Crippen molar-refractivity contribution in [2.45, 2.75) is 38.1 Å². The van der Waals surface area contributed by atoms with E-state index in [0.717, 1.165) is 49.2 Å². The molecule has 2 aliphatic rings. The minimum absolute atomic E-state index is 0.0155. The van der Waals surface area contributed by atoms with Crippen LogP contribution < -0.4 is 15.0 Å². The van der Waals surface area contributed by atoms with Gasteiger partial charge in [-0.25, -0.2) is 0 Å². The van der Waals surface area contributed by atoms with E-state index in [0.29, 0.717) is 17.9 Å². The minimum atomic E-state index is -0.0794. The van der Waals surface area contributed by atoms with Gasteiger partial charge < -0.3 is 15.0 Å². The average molecular weight is 378 g/mol. The summed E-state index contributed by atoms with van der Waals surface area (Å²) >= 11 is 0. The summed E-state index contributed by atoms with van der Waals surface area (Å²) in [4.78, 5) is 26.7. The smallest absolute Gasteiger partial charge is 0.251 e. The van der Waals surface area contributed by atoms with Crippen molar-refractivity contribution in [1.82, 2.24) is 5.32 Å². The summed E-state index contributed by atoms with van der Waals surface area (Å²) < 4.78 is 5.23. The normalized spacial score (nSPS) is 17.9. The van der Waals surface area contributed by atoms with Gasteiger partial charge >= 0.3 is 0 Å². The highest BCUT2D eigenvalue weighted by Gasteiger charge is 2.33. The Morgan fingerprint density at radius 1 is 1.07 bits per heavy atom. The van der Waals surface area contributed by atoms with E-state index in [1.165, 1.54) is 0 Å². The maximum atomic E-state index is 12.8. The zero-order valence-electron chi connectivity index (χ0n) is 16.2. The molecule has 1 aliphatic heterocycles. The molecule has 2 aromatic carbocycles. The number of nitrogens with zero attached hydrogens (tertiary/aromatic N) is 1. The van der Waals surface area contributed by atoms with Gasteiger partial charge in [0.15, 0.2) is 0 Å². The molecular formula is C23H26N2O3. The van der Waals surface area contributed by atoms with Crippen molar-refractivity contribution in [3.63, 3.8) is 0 Å². The number of hydrogen-bond donors (Lipinski definition) is 1. The topological polar surface area (TPSA) is 58.6 Å². The Morgan fingerprint density at radius 2 is 1.79 bits per heavy atom. The van der Waals surface area contributed by atoms with Crippen LogP contribution >= 0.6 is 0 Å². The molecule has 5 heteroatoms. The Bertz CT molecular complexity index is 841. The van der Waals surface area contributed by atoms with Gasteiger partial charge in [0, 0.05) is 24.2 Å². The molecule has 5 nitrogen and oxygen atoms in total. The lowest BCUT2D eigenvalue weighted by Crippen LogP contribution is -2.35. The van der Waals surface area contributed by atoms with Crippen molar-refractivity contribution in [2.24, 2.45) is 5.92 Å². The van der Waals surface area contributed by atoms with Gasteiger partial charge in [0.1, 0.15) is 5.75 Å². The Balaban J connectivity index is 1.46. The molecule has 1 saturated carbocycles. The van der Waals surface area contributed by atoms with E-state index in [1.807, 2.05) is 53.4 Å². The molecule has 0 aromatic heterocycles. The summed E-state index contributed by atoms with van der Waals surface area (Å²) in [6, 6.07) is 15.3. The maximum Gasteiger partial charge on any atom is 0.251 e. The van der Waals surface area contributed by atoms with Gasteiger partial charge in [-0.15, -0.1) is 0 Å². The number of anilines is 1. The van der Waals surface area contributed by atoms with Gasteiger partial charge in [-0.05, 0) is 73.6 Å². The summed E-state index contributed by atoms with van der Waals surface area (Å²) in [6.45, 7) is 0.756. The fourth-order valence-electron chi connectivity index (χ4n) is 3.81. The number of hydrogen-bond acceptors (Lipinski definition) is 3. The molecule has 1 heterocycles. The first-order valence-corrected chi connectivity index (χ1v) is 10.0. The van der Waals surface area contributed by atoms with Crippen molar-refractivity contribution in [3.8, 4) is 5.75 Å². The van der Waals surface area contributed by atoms with E-state index in [1.54, 1.807) is 7.11 Å². The van der Waals surface area contributed by atoms with E-state index < -0.39 is 0 Å². The number of ether oxygens (including phenoxy) is 1. The van der Waals surface area contributed by atoms with Crippen LogP contribution in [0.5, 0.6) is 5.75 Å². The highest BCUT2D eigenvalue weighted by atomic mass is 16.5. The molecule has 4 rings (SSSR count). The molecule has 28 heavy (non-hydrogen) atoms. The number of piperidine rings is 1. The summed E-state index contributed by atoms with van der Waals surface area (Å²) in [6.07, 6.45) is 4.86. The third kappa shape index (κ3) is 4.03. The summed E-state index contributed by atoms with van der Waals surface area (Å²) in [7, 11) is 1.65. The van der Waals surface area contributed by atoms with Gasteiger partial charge in [0.2, 0.25) is 5.91 Å². The van der Waals surface area contributed by atoms with Crippen LogP contribution in [0.3, 0.4) is 0 Å². The number of nitrogens with one attached hydrogen (secondary N) is 1. The number of carbonyl (C=O) groups is 2. The third-order valence-corrected chi connectivity index (χ3v) is 5.62. The van der Waals surface area contributed by atoms with Crippen molar-refractivity contribution in [2.75, 3.05) is 18.6 Å². The lowest BCUT2D eigenvalue weighted by Gasteiger charge is -2.27. The molecule has 2 aromatic rings. The van der Waals surface area contributed by atoms with E-state index in [2.05, 4.69) is 5.32 Å². The van der Waals surface area contributed by atoms with Gasteiger partial charge in [-0.3, -0.25) is 9.59 Å². The fraction of sp³-hybridized carbons (Fsp3) is 0.391. The second kappa shape index (κ2) is 8.05. The zero-order valence-corrected chi connectivity index (χ0v) is 16.2. The molecule has 1 atom stereocenters. The van der Waals surface area contributed by atoms with Gasteiger partial charge in [-0.1, -0.05) is 12.1 Å². The van der Waals surface area contributed by atoms with Crippen molar-refractivity contribution >= 4 is 17.5 Å². The Hall–Kier alpha value is -2.82. The first kappa shape index (κ1) is 18.5. The van der Waals surface area contributed by atoms with Crippen LogP contribution in [0.15, 0.2) is 48.5 Å². The molecule has 1 unspecified atom stereocenters. The second-order valence-electron chi connectivity index (χ2n) is 7.61. The van der Waals surface area contributed by atoms with E-state index >= 15 is 0 Å². The maximum absolute atomic E-state index is 12.8. The van der Waals surface area contributed by atoms with E-state index in [4.69, 9.17) is 4.74 Å². The van der Waals surface area contributed by atoms with Gasteiger partial charge in [0.25, 0.3) is 5.91 Å². The standard InChI is InChI=1S/C23H26N2O3/c1-28-20-13-9-17(10-14-20)22(16-5-6-16)24-23(27)18-7-11-19(12-8-18)25-15-3-2-4-21(25)26/h7-14,16,22H,2-6,15H2,1H3,(H,24,27). The lowest BCUT2D eigenvalue weighted by molar-refractivity contribution is -0.119. The molecular weight excluding hydrogens is 352 g/mol. The number of amides is 2. The summed E-state index contributed by atoms with van der Waals surface area (Å²) in [5, 5.41) is 3.20. The van der Waals surface area contributed by atoms with Crippen molar-refractivity contribution in [3.05, 3.63) is 59.7 Å². The van der Waals surface area contributed by atoms with Gasteiger partial charge in [-0.2, -0.15) is 0 Å². The summed E-state index contributed by atoms with van der Waals surface area (Å²) in [5.74, 6) is 1.39. The second-order valence-corrected chi connectivity index (χ2v) is 7.61. The molecule has 2 amide bonds. The Morgan fingerprint density at radius 3 is 2.39 bits per heavy atom. The van der Waals surface area contributed by atoms with Crippen LogP contribution in [0.2, 0.25) is 0 Å². The van der Waals surface area contributed by atoms with Crippen LogP contribution in [0, 0.1) is 5.92 Å². The average Bonchev–Trinajstić information content (AvgIpc) is 3.58. The quantitative estimate of drug-likeness (QED) is 0.823. The Kier molecular flexibility index (Phi) is 5.33. The zero-order chi connectivity index (χ0) is 19.5. The van der Waals surface area contributed by atoms with Crippen LogP contribution in [-0.2, 0) is 4.79 Å². The number of carbonyl (C=O) groups excluding carboxylic acids is 2. The highest BCUT2D eigenvalue weighted by molar-refractivity contribution is 5.97. The van der Waals surface area contributed by atoms with Crippen molar-refractivity contribution < 1.29 is 14.3 Å². The molecule has 146 valence electrons. The molecule has 2 fully saturated rings. The van der Waals surface area contributed by atoms with Crippen molar-refractivity contribution in [1.29, 1.82) is 0 Å². The monoisotopic (exact) mass is 378 g/mol. The van der Waals surface area contributed by atoms with Crippen LogP contribution in [0.25, 0.3) is 0 Å². The van der Waals surface area contributed by atoms with Crippen LogP contribution in [0.1, 0.15) is 54.1 Å². The largest absolute Gasteiger partial charge is 0.497 e. The van der Waals surface area contributed by atoms with E-state index in [-0.39, 0.29) is 17.9 Å². The van der Waals surface area contributed by atoms with Gasteiger partial charge in [0.05, 0.1) is 13.2 Å². The summed E-state index contributed by atoms with van der Waals surface area (Å²) in [5.41, 5.74) is 2.59. The fourth-order valence-corrected chi connectivity index (χ4v) is 3.81. The number of rotatable bonds is 6. The predicted molar refractivity (Wildman–Crippen MR) is 109 cm³/mol.